The molecular weight excluding hydrogens is 335 g/mol. The number of hydrogen-bond donors (Lipinski definition) is 2. The van der Waals surface area contributed by atoms with Crippen LogP contribution in [0, 0.1) is 6.92 Å². The van der Waals surface area contributed by atoms with E-state index in [1.54, 1.807) is 25.1 Å². The number of benzene rings is 2. The van der Waals surface area contributed by atoms with Crippen LogP contribution in [-0.2, 0) is 26.3 Å². The molecule has 3 N–H and O–H groups in total. The van der Waals surface area contributed by atoms with E-state index in [0.717, 1.165) is 5.56 Å². The third kappa shape index (κ3) is 7.36. The Hall–Kier alpha value is -2.22. The maximum absolute atomic E-state index is 10.9. The van der Waals surface area contributed by atoms with Crippen LogP contribution >= 0.6 is 0 Å². The zero-order valence-corrected chi connectivity index (χ0v) is 14.2. The van der Waals surface area contributed by atoms with Crippen molar-refractivity contribution in [1.82, 2.24) is 0 Å². The summed E-state index contributed by atoms with van der Waals surface area (Å²) in [6.07, 6.45) is 0.285. The second-order valence-corrected chi connectivity index (χ2v) is 6.32. The van der Waals surface area contributed by atoms with Gasteiger partial charge in [0.05, 0.1) is 11.3 Å². The second-order valence-electron chi connectivity index (χ2n) is 4.93. The quantitative estimate of drug-likeness (QED) is 0.368. The van der Waals surface area contributed by atoms with Gasteiger partial charge in [0, 0.05) is 6.54 Å². The van der Waals surface area contributed by atoms with Crippen LogP contribution in [0.25, 0.3) is 0 Å². The summed E-state index contributed by atoms with van der Waals surface area (Å²) in [5.41, 5.74) is 6.74. The molecule has 0 heterocycles. The fraction of sp³-hybridized carbons (Fsp3) is 0.235. The number of nitrogens with two attached hydrogens (primary N) is 1. The lowest BCUT2D eigenvalue weighted by atomic mass is 10.2. The number of rotatable bonds is 5. The average molecular weight is 356 g/mol. The highest BCUT2D eigenvalue weighted by atomic mass is 32.2. The van der Waals surface area contributed by atoms with Crippen molar-refractivity contribution >= 4 is 16.1 Å². The fourth-order valence-electron chi connectivity index (χ4n) is 1.77. The van der Waals surface area contributed by atoms with Gasteiger partial charge in [-0.1, -0.05) is 48.5 Å². The molecule has 7 heteroatoms. The first kappa shape index (κ1) is 19.8. The number of carbonyl (C=O) groups excluding carboxylic acids is 1. The van der Waals surface area contributed by atoms with E-state index >= 15 is 0 Å². The maximum Gasteiger partial charge on any atom is 0.307 e. The molecule has 0 aliphatic carbocycles. The first-order valence-electron chi connectivity index (χ1n) is 7.27. The van der Waals surface area contributed by atoms with Gasteiger partial charge in [-0.2, -0.15) is 8.42 Å². The van der Waals surface area contributed by atoms with Crippen LogP contribution in [0.2, 0.25) is 0 Å². The van der Waals surface area contributed by atoms with E-state index < -0.39 is 10.1 Å². The van der Waals surface area contributed by atoms with Crippen LogP contribution in [0.5, 0.6) is 0 Å². The van der Waals surface area contributed by atoms with Crippen LogP contribution in [-0.4, -0.2) is 25.5 Å². The summed E-state index contributed by atoms with van der Waals surface area (Å²) < 4.78 is 34.8. The minimum Gasteiger partial charge on any atom is -0.461 e. The zero-order valence-electron chi connectivity index (χ0n) is 13.4. The van der Waals surface area contributed by atoms with Crippen molar-refractivity contribution in [1.29, 1.82) is 0 Å². The number of aryl methyl sites for hydroxylation is 1. The van der Waals surface area contributed by atoms with Crippen LogP contribution in [0.1, 0.15) is 17.5 Å². The van der Waals surface area contributed by atoms with Gasteiger partial charge in [0.2, 0.25) is 0 Å². The monoisotopic (exact) mass is 356 g/mol. The second kappa shape index (κ2) is 9.82. The smallest absolute Gasteiger partial charge is 0.307 e. The predicted molar refractivity (Wildman–Crippen MR) is 90.9 cm³/mol. The molecule has 2 aromatic carbocycles. The van der Waals surface area contributed by atoms with Gasteiger partial charge in [-0.05, 0) is 24.1 Å². The molecule has 0 amide bonds. The van der Waals surface area contributed by atoms with Gasteiger partial charge in [0.1, 0.15) is 6.61 Å². The van der Waals surface area contributed by atoms with E-state index in [1.165, 1.54) is 6.07 Å². The van der Waals surface area contributed by atoms with Gasteiger partial charge < -0.3 is 10.5 Å². The van der Waals surface area contributed by atoms with E-state index in [2.05, 4.69) is 0 Å². The lowest BCUT2D eigenvalue weighted by Gasteiger charge is -2.02. The summed E-state index contributed by atoms with van der Waals surface area (Å²) in [5.74, 6) is -0.244. The molecule has 0 saturated carbocycles. The number of hydrogen-bond acceptors (Lipinski definition) is 5. The molecule has 0 unspecified atom stereocenters. The van der Waals surface area contributed by atoms with Gasteiger partial charge in [-0.15, -0.1) is 0 Å². The lowest BCUT2D eigenvalue weighted by molar-refractivity contribution is -0.144. The van der Waals surface area contributed by atoms with Crippen LogP contribution in [0.4, 0.5) is 0 Å². The molecule has 0 aliphatic rings. The molecule has 0 spiro atoms. The molecule has 0 atom stereocenters. The lowest BCUT2D eigenvalue weighted by Crippen LogP contribution is -2.10. The Balaban J connectivity index is 0.000000243. The Morgan fingerprint density at radius 2 is 1.67 bits per heavy atom. The highest BCUT2D eigenvalue weighted by molar-refractivity contribution is 7.85. The van der Waals surface area contributed by atoms with Crippen molar-refractivity contribution in [3.63, 3.8) is 0 Å². The summed E-state index contributed by atoms with van der Waals surface area (Å²) in [6.45, 7) is 2.30. The summed E-state index contributed by atoms with van der Waals surface area (Å²) in [7, 11) is -4.03. The summed E-state index contributed by atoms with van der Waals surface area (Å²) in [5, 5.41) is 0. The Morgan fingerprint density at radius 3 is 2.17 bits per heavy atom. The molecular formula is C17H21NO5S. The highest BCUT2D eigenvalue weighted by Gasteiger charge is 2.10. The van der Waals surface area contributed by atoms with Crippen LogP contribution in [0.3, 0.4) is 0 Å². The summed E-state index contributed by atoms with van der Waals surface area (Å²) in [6, 6.07) is 15.8. The van der Waals surface area contributed by atoms with Crippen molar-refractivity contribution in [3.05, 3.63) is 65.7 Å². The Morgan fingerprint density at radius 1 is 1.08 bits per heavy atom. The minimum absolute atomic E-state index is 0.0278. The van der Waals surface area contributed by atoms with Crippen molar-refractivity contribution in [2.24, 2.45) is 5.73 Å². The van der Waals surface area contributed by atoms with E-state index in [4.69, 9.17) is 15.0 Å². The van der Waals surface area contributed by atoms with Gasteiger partial charge in [-0.3, -0.25) is 9.35 Å². The van der Waals surface area contributed by atoms with E-state index in [9.17, 15) is 13.2 Å². The Bertz CT molecular complexity index is 745. The molecule has 6 nitrogen and oxygen atoms in total. The Labute approximate surface area is 142 Å². The first-order valence-corrected chi connectivity index (χ1v) is 8.71. The number of esters is 1. The van der Waals surface area contributed by atoms with Crippen LogP contribution < -0.4 is 5.73 Å². The molecule has 0 fully saturated rings. The summed E-state index contributed by atoms with van der Waals surface area (Å²) in [4.78, 5) is 10.9. The Kier molecular flexibility index (Phi) is 8.11. The van der Waals surface area contributed by atoms with Gasteiger partial charge >= 0.3 is 5.97 Å². The molecule has 0 radical (unpaired) electrons. The molecule has 0 bridgehead atoms. The zero-order chi connectivity index (χ0) is 18.0. The molecule has 0 aromatic heterocycles. The van der Waals surface area contributed by atoms with Crippen molar-refractivity contribution in [2.75, 3.05) is 6.54 Å². The van der Waals surface area contributed by atoms with Gasteiger partial charge in [0.15, 0.2) is 0 Å². The number of ether oxygens (including phenoxy) is 1. The molecule has 2 aromatic rings. The fourth-order valence-corrected chi connectivity index (χ4v) is 2.50. The largest absolute Gasteiger partial charge is 0.461 e. The average Bonchev–Trinajstić information content (AvgIpc) is 2.54. The standard InChI is InChI=1S/C10H13NO2.C7H8O3S/c11-7-6-10(12)13-8-9-4-2-1-3-5-9;1-6-4-2-3-5-7(6)11(8,9)10/h1-5H,6-8,11H2;2-5H,1H3,(H,8,9,10)/i6+1,7+1,8+1,10+1,11+1;. The number of carbonyl (C=O) groups is 1. The summed E-state index contributed by atoms with van der Waals surface area (Å²) >= 11 is 0. The molecule has 0 saturated heterocycles. The topological polar surface area (TPSA) is 107 Å². The molecule has 0 aliphatic heterocycles. The third-order valence-electron chi connectivity index (χ3n) is 2.96. The highest BCUT2D eigenvalue weighted by Crippen LogP contribution is 2.12. The van der Waals surface area contributed by atoms with Gasteiger partial charge in [0.25, 0.3) is 10.1 Å². The third-order valence-corrected chi connectivity index (χ3v) is 3.98. The maximum atomic E-state index is 10.9. The van der Waals surface area contributed by atoms with E-state index in [1.807, 2.05) is 30.3 Å². The van der Waals surface area contributed by atoms with Gasteiger partial charge in [-0.25, -0.2) is 0 Å². The normalized spacial score (nSPS) is 10.5. The van der Waals surface area contributed by atoms with Crippen LogP contribution in [0.15, 0.2) is 59.5 Å². The SMILES string of the molecule is Cc1ccccc1S(=O)(=O)O.[15NH2][13CH2][13CH2][13C](=O)O[13CH2]c1ccccc1. The van der Waals surface area contributed by atoms with Crippen molar-refractivity contribution in [2.45, 2.75) is 24.8 Å². The molecule has 24 heavy (non-hydrogen) atoms. The van der Waals surface area contributed by atoms with Crippen molar-refractivity contribution in [3.8, 4) is 0 Å². The first-order chi connectivity index (χ1) is 11.3. The predicted octanol–water partition coefficient (Wildman–Crippen LogP) is 2.32. The van der Waals surface area contributed by atoms with E-state index in [-0.39, 0.29) is 17.3 Å². The minimum atomic E-state index is -4.03. The molecule has 130 valence electrons. The molecule has 2 rings (SSSR count). The van der Waals surface area contributed by atoms with Crippen molar-refractivity contribution < 1.29 is 22.5 Å². The van der Waals surface area contributed by atoms with E-state index in [0.29, 0.717) is 18.7 Å².